The minimum atomic E-state index is -0.722. The molecule has 182 valence electrons. The molecule has 35 heavy (non-hydrogen) atoms. The molecule has 0 radical (unpaired) electrons. The molecule has 0 saturated heterocycles. The van der Waals surface area contributed by atoms with Crippen LogP contribution in [0.2, 0.25) is 0 Å². The number of methoxy groups -OCH3 is 1. The predicted molar refractivity (Wildman–Crippen MR) is 139 cm³/mol. The molecular weight excluding hydrogens is 440 g/mol. The van der Waals surface area contributed by atoms with Crippen LogP contribution in [0.4, 0.5) is 11.4 Å². The highest BCUT2D eigenvalue weighted by Crippen LogP contribution is 2.29. The number of anilines is 2. The lowest BCUT2D eigenvalue weighted by Gasteiger charge is -2.36. The third-order valence-electron chi connectivity index (χ3n) is 6.41. The Kier molecular flexibility index (Phi) is 7.67. The van der Waals surface area contributed by atoms with E-state index in [1.807, 2.05) is 14.1 Å². The minimum absolute atomic E-state index is 0.0671. The van der Waals surface area contributed by atoms with Gasteiger partial charge in [-0.2, -0.15) is 0 Å². The number of hydrogen-bond donors (Lipinski definition) is 2. The second-order valence-electron chi connectivity index (χ2n) is 8.86. The zero-order valence-corrected chi connectivity index (χ0v) is 20.5. The summed E-state index contributed by atoms with van der Waals surface area (Å²) >= 11 is 0. The van der Waals surface area contributed by atoms with Crippen LogP contribution in [0.25, 0.3) is 0 Å². The van der Waals surface area contributed by atoms with Crippen LogP contribution in [-0.2, 0) is 22.6 Å². The largest absolute Gasteiger partial charge is 0.495 e. The first-order chi connectivity index (χ1) is 17.0. The van der Waals surface area contributed by atoms with E-state index in [1.165, 1.54) is 18.2 Å². The lowest BCUT2D eigenvalue weighted by molar-refractivity contribution is -0.136. The van der Waals surface area contributed by atoms with Gasteiger partial charge in [0.15, 0.2) is 0 Å². The quantitative estimate of drug-likeness (QED) is 0.514. The van der Waals surface area contributed by atoms with Crippen molar-refractivity contribution in [1.29, 1.82) is 0 Å². The molecule has 7 nitrogen and oxygen atoms in total. The van der Waals surface area contributed by atoms with E-state index in [4.69, 9.17) is 4.74 Å². The van der Waals surface area contributed by atoms with Crippen molar-refractivity contribution in [3.8, 4) is 5.75 Å². The van der Waals surface area contributed by atoms with E-state index < -0.39 is 11.8 Å². The van der Waals surface area contributed by atoms with E-state index in [9.17, 15) is 9.59 Å². The fourth-order valence-corrected chi connectivity index (χ4v) is 4.43. The van der Waals surface area contributed by atoms with Crippen LogP contribution >= 0.6 is 0 Å². The maximum absolute atomic E-state index is 12.7. The molecule has 3 aromatic rings. The molecule has 1 atom stereocenters. The van der Waals surface area contributed by atoms with Crippen molar-refractivity contribution in [1.82, 2.24) is 10.2 Å². The Morgan fingerprint density at radius 2 is 1.63 bits per heavy atom. The van der Waals surface area contributed by atoms with E-state index in [0.29, 0.717) is 18.0 Å². The second-order valence-corrected chi connectivity index (χ2v) is 8.86. The minimum Gasteiger partial charge on any atom is -0.495 e. The summed E-state index contributed by atoms with van der Waals surface area (Å²) < 4.78 is 5.26. The molecule has 7 heteroatoms. The summed E-state index contributed by atoms with van der Waals surface area (Å²) in [4.78, 5) is 29.7. The molecule has 1 aliphatic rings. The molecular formula is C28H32N4O3. The van der Waals surface area contributed by atoms with Crippen LogP contribution in [0.5, 0.6) is 5.75 Å². The van der Waals surface area contributed by atoms with Crippen molar-refractivity contribution in [2.75, 3.05) is 44.5 Å². The Morgan fingerprint density at radius 3 is 2.34 bits per heavy atom. The van der Waals surface area contributed by atoms with Crippen LogP contribution in [0, 0.1) is 0 Å². The number of ether oxygens (including phenoxy) is 1. The van der Waals surface area contributed by atoms with Gasteiger partial charge in [-0.05, 0) is 47.4 Å². The summed E-state index contributed by atoms with van der Waals surface area (Å²) in [5, 5.41) is 5.50. The molecule has 0 spiro atoms. The SMILES string of the molecule is COc1ccccc1NC(=O)C(=O)NC[C@@H](c1ccc(N(C)C)cc1)N1CCc2ccccc2C1. The van der Waals surface area contributed by atoms with Crippen LogP contribution in [0.1, 0.15) is 22.7 Å². The monoisotopic (exact) mass is 472 g/mol. The molecule has 2 N–H and O–H groups in total. The Balaban J connectivity index is 1.49. The van der Waals surface area contributed by atoms with Gasteiger partial charge in [-0.1, -0.05) is 48.5 Å². The molecule has 0 saturated carbocycles. The zero-order chi connectivity index (χ0) is 24.8. The summed E-state index contributed by atoms with van der Waals surface area (Å²) in [6.07, 6.45) is 0.949. The highest BCUT2D eigenvalue weighted by molar-refractivity contribution is 6.39. The highest BCUT2D eigenvalue weighted by Gasteiger charge is 2.26. The van der Waals surface area contributed by atoms with E-state index >= 15 is 0 Å². The maximum atomic E-state index is 12.7. The lowest BCUT2D eigenvalue weighted by Crippen LogP contribution is -2.43. The molecule has 4 rings (SSSR count). The Hall–Kier alpha value is -3.84. The number of fused-ring (bicyclic) bond motifs is 1. The van der Waals surface area contributed by atoms with E-state index in [1.54, 1.807) is 24.3 Å². The van der Waals surface area contributed by atoms with Gasteiger partial charge in [0.1, 0.15) is 5.75 Å². The van der Waals surface area contributed by atoms with Crippen LogP contribution in [0.15, 0.2) is 72.8 Å². The Morgan fingerprint density at radius 1 is 0.943 bits per heavy atom. The number of carbonyl (C=O) groups is 2. The normalized spacial score (nSPS) is 13.9. The predicted octanol–water partition coefficient (Wildman–Crippen LogP) is 3.62. The average Bonchev–Trinajstić information content (AvgIpc) is 2.89. The van der Waals surface area contributed by atoms with Gasteiger partial charge < -0.3 is 20.3 Å². The average molecular weight is 473 g/mol. The van der Waals surface area contributed by atoms with Gasteiger partial charge >= 0.3 is 11.8 Å². The van der Waals surface area contributed by atoms with Crippen molar-refractivity contribution in [2.24, 2.45) is 0 Å². The van der Waals surface area contributed by atoms with Crippen molar-refractivity contribution in [3.63, 3.8) is 0 Å². The second kappa shape index (κ2) is 11.1. The van der Waals surface area contributed by atoms with Crippen LogP contribution in [-0.4, -0.2) is 51.0 Å². The summed E-state index contributed by atoms with van der Waals surface area (Å²) in [5.41, 5.74) is 5.33. The fourth-order valence-electron chi connectivity index (χ4n) is 4.43. The van der Waals surface area contributed by atoms with E-state index in [0.717, 1.165) is 30.8 Å². The van der Waals surface area contributed by atoms with Gasteiger partial charge in [-0.15, -0.1) is 0 Å². The van der Waals surface area contributed by atoms with Crippen molar-refractivity contribution in [2.45, 2.75) is 19.0 Å². The van der Waals surface area contributed by atoms with Gasteiger partial charge in [0, 0.05) is 39.4 Å². The van der Waals surface area contributed by atoms with Gasteiger partial charge in [0.05, 0.1) is 18.8 Å². The maximum Gasteiger partial charge on any atom is 0.313 e. The summed E-state index contributed by atoms with van der Waals surface area (Å²) in [5.74, 6) is -0.900. The van der Waals surface area contributed by atoms with Gasteiger partial charge in [-0.3, -0.25) is 14.5 Å². The number of nitrogens with zero attached hydrogens (tertiary/aromatic N) is 2. The van der Waals surface area contributed by atoms with E-state index in [2.05, 4.69) is 69.0 Å². The number of amides is 2. The van der Waals surface area contributed by atoms with E-state index in [-0.39, 0.29) is 6.04 Å². The molecule has 0 aliphatic carbocycles. The van der Waals surface area contributed by atoms with Crippen molar-refractivity contribution in [3.05, 3.63) is 89.5 Å². The summed E-state index contributed by atoms with van der Waals surface area (Å²) in [6, 6.07) is 23.8. The molecule has 0 fully saturated rings. The molecule has 1 heterocycles. The number of benzene rings is 3. The first-order valence-electron chi connectivity index (χ1n) is 11.8. The molecule has 0 bridgehead atoms. The third-order valence-corrected chi connectivity index (χ3v) is 6.41. The third kappa shape index (κ3) is 5.81. The molecule has 2 amide bonds. The fraction of sp³-hybridized carbons (Fsp3) is 0.286. The number of carbonyl (C=O) groups excluding carboxylic acids is 2. The van der Waals surface area contributed by atoms with Crippen molar-refractivity contribution < 1.29 is 14.3 Å². The van der Waals surface area contributed by atoms with Gasteiger partial charge in [0.25, 0.3) is 0 Å². The lowest BCUT2D eigenvalue weighted by atomic mass is 9.96. The standard InChI is InChI=1S/C28H32N4O3/c1-31(2)23-14-12-21(13-15-23)25(32-17-16-20-8-4-5-9-22(20)19-32)18-29-27(33)28(34)30-24-10-6-7-11-26(24)35-3/h4-15,25H,16-19H2,1-3H3,(H,29,33)(H,30,34)/t25-/m0/s1. The first-order valence-corrected chi connectivity index (χ1v) is 11.8. The van der Waals surface area contributed by atoms with Gasteiger partial charge in [-0.25, -0.2) is 0 Å². The molecule has 1 aliphatic heterocycles. The first kappa shape index (κ1) is 24.3. The van der Waals surface area contributed by atoms with Crippen LogP contribution < -0.4 is 20.3 Å². The zero-order valence-electron chi connectivity index (χ0n) is 20.5. The smallest absolute Gasteiger partial charge is 0.313 e. The molecule has 3 aromatic carbocycles. The number of para-hydroxylation sites is 2. The molecule has 0 unspecified atom stereocenters. The highest BCUT2D eigenvalue weighted by atomic mass is 16.5. The summed E-state index contributed by atoms with van der Waals surface area (Å²) in [7, 11) is 5.54. The van der Waals surface area contributed by atoms with Crippen molar-refractivity contribution >= 4 is 23.2 Å². The topological polar surface area (TPSA) is 73.9 Å². The van der Waals surface area contributed by atoms with Crippen LogP contribution in [0.3, 0.4) is 0 Å². The summed E-state index contributed by atoms with van der Waals surface area (Å²) in [6.45, 7) is 1.99. The van der Waals surface area contributed by atoms with Gasteiger partial charge in [0.2, 0.25) is 0 Å². The number of hydrogen-bond acceptors (Lipinski definition) is 5. The molecule has 0 aromatic heterocycles. The Labute approximate surface area is 206 Å². The number of nitrogens with one attached hydrogen (secondary N) is 2. The number of rotatable bonds is 7. The Bertz CT molecular complexity index is 1180.